The molecule has 0 aliphatic carbocycles. The van der Waals surface area contributed by atoms with Gasteiger partial charge in [-0.15, -0.1) is 0 Å². The molecule has 1 aliphatic rings. The Bertz CT molecular complexity index is 461. The smallest absolute Gasteiger partial charge is 0.222 e. The van der Waals surface area contributed by atoms with Crippen molar-refractivity contribution in [3.05, 3.63) is 34.9 Å². The number of rotatable bonds is 8. The maximum atomic E-state index is 12.2. The van der Waals surface area contributed by atoms with E-state index < -0.39 is 0 Å². The van der Waals surface area contributed by atoms with Crippen LogP contribution in [0.2, 0.25) is 5.02 Å². The van der Waals surface area contributed by atoms with E-state index in [9.17, 15) is 4.79 Å². The van der Waals surface area contributed by atoms with E-state index in [-0.39, 0.29) is 5.91 Å². The van der Waals surface area contributed by atoms with Crippen molar-refractivity contribution in [3.8, 4) is 0 Å². The van der Waals surface area contributed by atoms with Crippen LogP contribution in [0.15, 0.2) is 24.3 Å². The topological polar surface area (TPSA) is 29.5 Å². The van der Waals surface area contributed by atoms with Crippen LogP contribution in [-0.4, -0.2) is 37.1 Å². The Hall–Kier alpha value is -1.06. The van der Waals surface area contributed by atoms with Crippen LogP contribution in [0.5, 0.6) is 0 Å². The molecule has 0 saturated carbocycles. The first-order valence-electron chi connectivity index (χ1n) is 8.29. The fourth-order valence-corrected chi connectivity index (χ4v) is 2.97. The lowest BCUT2D eigenvalue weighted by Crippen LogP contribution is -2.29. The highest BCUT2D eigenvalue weighted by molar-refractivity contribution is 6.30. The van der Waals surface area contributed by atoms with Crippen LogP contribution in [0.1, 0.15) is 38.2 Å². The molecule has 1 aromatic rings. The Morgan fingerprint density at radius 2 is 2.14 bits per heavy atom. The Morgan fingerprint density at radius 1 is 1.36 bits per heavy atom. The molecule has 4 heteroatoms. The maximum absolute atomic E-state index is 12.2. The molecule has 3 nitrogen and oxygen atoms in total. The lowest BCUT2D eigenvalue weighted by molar-refractivity contribution is -0.130. The molecule has 2 rings (SSSR count). The van der Waals surface area contributed by atoms with Gasteiger partial charge in [-0.25, -0.2) is 0 Å². The molecule has 1 fully saturated rings. The summed E-state index contributed by atoms with van der Waals surface area (Å²) in [5.41, 5.74) is 1.24. The zero-order chi connectivity index (χ0) is 15.8. The first-order chi connectivity index (χ1) is 10.7. The summed E-state index contributed by atoms with van der Waals surface area (Å²) in [5.74, 6) is 0.804. The largest absolute Gasteiger partial charge is 0.381 e. The van der Waals surface area contributed by atoms with Gasteiger partial charge in [-0.3, -0.25) is 4.79 Å². The number of aryl methyl sites for hydroxylation is 1. The van der Waals surface area contributed by atoms with Crippen molar-refractivity contribution in [2.75, 3.05) is 26.3 Å². The zero-order valence-electron chi connectivity index (χ0n) is 13.4. The third kappa shape index (κ3) is 5.62. The van der Waals surface area contributed by atoms with E-state index in [4.69, 9.17) is 16.3 Å². The molecular formula is C18H26ClNO2. The number of hydrogen-bond acceptors (Lipinski definition) is 2. The van der Waals surface area contributed by atoms with E-state index in [1.165, 1.54) is 5.56 Å². The van der Waals surface area contributed by atoms with E-state index in [1.807, 2.05) is 29.2 Å². The standard InChI is InChI=1S/C18H26ClNO2/c1-2-12-22-14-16-10-11-20(13-16)18(21)5-3-4-15-6-8-17(19)9-7-15/h6-9,16H,2-5,10-14H2,1H3/t16-/m1/s1. The first kappa shape index (κ1) is 17.3. The molecule has 0 aromatic heterocycles. The first-order valence-corrected chi connectivity index (χ1v) is 8.66. The minimum atomic E-state index is 0.284. The van der Waals surface area contributed by atoms with E-state index in [1.54, 1.807) is 0 Å². The highest BCUT2D eigenvalue weighted by atomic mass is 35.5. The number of carbonyl (C=O) groups is 1. The minimum Gasteiger partial charge on any atom is -0.381 e. The lowest BCUT2D eigenvalue weighted by Gasteiger charge is -2.16. The van der Waals surface area contributed by atoms with Gasteiger partial charge in [0.15, 0.2) is 0 Å². The summed E-state index contributed by atoms with van der Waals surface area (Å²) in [5, 5.41) is 0.758. The van der Waals surface area contributed by atoms with Crippen LogP contribution in [0, 0.1) is 5.92 Å². The van der Waals surface area contributed by atoms with Crippen LogP contribution in [0.3, 0.4) is 0 Å². The van der Waals surface area contributed by atoms with Crippen molar-refractivity contribution in [2.24, 2.45) is 5.92 Å². The number of ether oxygens (including phenoxy) is 1. The predicted octanol–water partition coefficient (Wildman–Crippen LogP) is 3.94. The lowest BCUT2D eigenvalue weighted by atomic mass is 10.1. The van der Waals surface area contributed by atoms with Crippen molar-refractivity contribution in [1.82, 2.24) is 4.90 Å². The quantitative estimate of drug-likeness (QED) is 0.678. The Labute approximate surface area is 138 Å². The third-order valence-electron chi connectivity index (χ3n) is 4.11. The summed E-state index contributed by atoms with van der Waals surface area (Å²) in [6.07, 6.45) is 4.59. The fourth-order valence-electron chi connectivity index (χ4n) is 2.84. The second kappa shape index (κ2) is 9.16. The van der Waals surface area contributed by atoms with Crippen LogP contribution in [0.25, 0.3) is 0 Å². The van der Waals surface area contributed by atoms with Gasteiger partial charge in [0.05, 0.1) is 6.61 Å². The van der Waals surface area contributed by atoms with Crippen LogP contribution in [0.4, 0.5) is 0 Å². The van der Waals surface area contributed by atoms with Gasteiger partial charge in [0.1, 0.15) is 0 Å². The van der Waals surface area contributed by atoms with Crippen molar-refractivity contribution >= 4 is 17.5 Å². The second-order valence-electron chi connectivity index (χ2n) is 6.05. The van der Waals surface area contributed by atoms with Gasteiger partial charge < -0.3 is 9.64 Å². The number of amides is 1. The third-order valence-corrected chi connectivity index (χ3v) is 4.36. The van der Waals surface area contributed by atoms with E-state index in [0.29, 0.717) is 12.3 Å². The van der Waals surface area contributed by atoms with Crippen LogP contribution in [-0.2, 0) is 16.0 Å². The SMILES string of the molecule is CCCOC[C@@H]1CCN(C(=O)CCCc2ccc(Cl)cc2)C1. The molecule has 1 saturated heterocycles. The highest BCUT2D eigenvalue weighted by Gasteiger charge is 2.25. The monoisotopic (exact) mass is 323 g/mol. The molecular weight excluding hydrogens is 298 g/mol. The fraction of sp³-hybridized carbons (Fsp3) is 0.611. The summed E-state index contributed by atoms with van der Waals surface area (Å²) in [4.78, 5) is 14.2. The molecule has 0 unspecified atom stereocenters. The Morgan fingerprint density at radius 3 is 2.86 bits per heavy atom. The van der Waals surface area contributed by atoms with Gasteiger partial charge in [0.2, 0.25) is 5.91 Å². The summed E-state index contributed by atoms with van der Waals surface area (Å²) < 4.78 is 5.59. The van der Waals surface area contributed by atoms with E-state index in [2.05, 4.69) is 6.92 Å². The molecule has 1 aromatic carbocycles. The molecule has 1 heterocycles. The molecule has 1 amide bonds. The predicted molar refractivity (Wildman–Crippen MR) is 90.2 cm³/mol. The van der Waals surface area contributed by atoms with Gasteiger partial charge in [-0.05, 0) is 43.4 Å². The van der Waals surface area contributed by atoms with Gasteiger partial charge >= 0.3 is 0 Å². The summed E-state index contributed by atoms with van der Waals surface area (Å²) in [7, 11) is 0. The summed E-state index contributed by atoms with van der Waals surface area (Å²) in [6.45, 7) is 5.49. The average Bonchev–Trinajstić information content (AvgIpc) is 2.98. The number of hydrogen-bond donors (Lipinski definition) is 0. The van der Waals surface area contributed by atoms with Crippen molar-refractivity contribution in [2.45, 2.75) is 39.0 Å². The molecule has 1 atom stereocenters. The highest BCUT2D eigenvalue weighted by Crippen LogP contribution is 2.18. The maximum Gasteiger partial charge on any atom is 0.222 e. The van der Waals surface area contributed by atoms with Crippen molar-refractivity contribution in [1.29, 1.82) is 0 Å². The molecule has 0 radical (unpaired) electrons. The van der Waals surface area contributed by atoms with E-state index in [0.717, 1.165) is 57.0 Å². The minimum absolute atomic E-state index is 0.284. The number of halogens is 1. The zero-order valence-corrected chi connectivity index (χ0v) is 14.1. The number of nitrogens with zero attached hydrogens (tertiary/aromatic N) is 1. The van der Waals surface area contributed by atoms with Gasteiger partial charge in [0, 0.05) is 37.1 Å². The van der Waals surface area contributed by atoms with Gasteiger partial charge in [-0.2, -0.15) is 0 Å². The molecule has 0 N–H and O–H groups in total. The summed E-state index contributed by atoms with van der Waals surface area (Å²) >= 11 is 5.87. The number of likely N-dealkylation sites (tertiary alicyclic amines) is 1. The molecule has 0 bridgehead atoms. The molecule has 122 valence electrons. The molecule has 22 heavy (non-hydrogen) atoms. The average molecular weight is 324 g/mol. The second-order valence-corrected chi connectivity index (χ2v) is 6.49. The van der Waals surface area contributed by atoms with Crippen molar-refractivity contribution in [3.63, 3.8) is 0 Å². The summed E-state index contributed by atoms with van der Waals surface area (Å²) in [6, 6.07) is 7.87. The van der Waals surface area contributed by atoms with E-state index >= 15 is 0 Å². The van der Waals surface area contributed by atoms with Crippen molar-refractivity contribution < 1.29 is 9.53 Å². The number of carbonyl (C=O) groups excluding carboxylic acids is 1. The normalized spacial score (nSPS) is 17.9. The van der Waals surface area contributed by atoms with Gasteiger partial charge in [-0.1, -0.05) is 30.7 Å². The van der Waals surface area contributed by atoms with Crippen LogP contribution < -0.4 is 0 Å². The Balaban J connectivity index is 1.64. The number of benzene rings is 1. The van der Waals surface area contributed by atoms with Crippen LogP contribution >= 0.6 is 11.6 Å². The Kier molecular flexibility index (Phi) is 7.20. The molecule has 0 spiro atoms. The molecule has 1 aliphatic heterocycles. The van der Waals surface area contributed by atoms with Gasteiger partial charge in [0.25, 0.3) is 0 Å².